The van der Waals surface area contributed by atoms with E-state index < -0.39 is 46.8 Å². The molecule has 1 N–H and O–H groups in total. The van der Waals surface area contributed by atoms with Crippen molar-refractivity contribution >= 4 is 64.8 Å². The lowest BCUT2D eigenvalue weighted by Crippen LogP contribution is -2.54. The first-order valence-corrected chi connectivity index (χ1v) is 21.3. The molecule has 2 saturated heterocycles. The fraction of sp³-hybridized carbons (Fsp3) is 0.231. The second-order valence-corrected chi connectivity index (χ2v) is 16.8. The van der Waals surface area contributed by atoms with E-state index in [-0.39, 0.29) is 41.9 Å². The molecule has 0 radical (unpaired) electrons. The van der Waals surface area contributed by atoms with E-state index in [0.717, 1.165) is 16.7 Å². The first-order valence-electron chi connectivity index (χ1n) is 20.9. The number of ether oxygens (including phenoxy) is 4. The van der Waals surface area contributed by atoms with Gasteiger partial charge in [0.05, 0.1) is 63.0 Å². The van der Waals surface area contributed by atoms with Gasteiger partial charge in [0.15, 0.2) is 11.5 Å². The molecule has 0 aromatic heterocycles. The number of phenolic OH excluding ortho intramolecular Hbond substituents is 1. The van der Waals surface area contributed by atoms with Gasteiger partial charge in [-0.3, -0.25) is 24.1 Å². The van der Waals surface area contributed by atoms with Gasteiger partial charge >= 0.3 is 0 Å². The van der Waals surface area contributed by atoms with Crippen LogP contribution in [0.15, 0.2) is 127 Å². The predicted molar refractivity (Wildman–Crippen MR) is 244 cm³/mol. The second kappa shape index (κ2) is 16.9. The van der Waals surface area contributed by atoms with E-state index in [1.54, 1.807) is 62.8 Å². The number of benzene rings is 5. The van der Waals surface area contributed by atoms with E-state index >= 15 is 9.59 Å². The van der Waals surface area contributed by atoms with Crippen LogP contribution in [-0.2, 0) is 24.6 Å². The highest BCUT2D eigenvalue weighted by molar-refractivity contribution is 6.32. The van der Waals surface area contributed by atoms with Crippen LogP contribution in [0, 0.1) is 29.6 Å². The number of methoxy groups -OCH3 is 4. The van der Waals surface area contributed by atoms with E-state index in [9.17, 15) is 14.7 Å². The van der Waals surface area contributed by atoms with Gasteiger partial charge in [-0.15, -0.1) is 0 Å². The summed E-state index contributed by atoms with van der Waals surface area (Å²) in [5, 5.41) is 11.1. The van der Waals surface area contributed by atoms with Gasteiger partial charge in [-0.2, -0.15) is 0 Å². The molecule has 4 amide bonds. The minimum Gasteiger partial charge on any atom is -0.502 e. The minimum absolute atomic E-state index is 0.152. The normalized spacial score (nSPS) is 23.9. The molecule has 0 spiro atoms. The summed E-state index contributed by atoms with van der Waals surface area (Å²) in [6.45, 7) is 0. The predicted octanol–water partition coefficient (Wildman–Crippen LogP) is 9.16. The molecule has 64 heavy (non-hydrogen) atoms. The smallest absolute Gasteiger partial charge is 0.246 e. The molecule has 6 unspecified atom stereocenters. The number of fused-ring (bicyclic) bond motifs is 4. The minimum atomic E-state index is -1.44. The highest BCUT2D eigenvalue weighted by atomic mass is 35.5. The van der Waals surface area contributed by atoms with Crippen molar-refractivity contribution in [2.75, 3.05) is 38.2 Å². The van der Waals surface area contributed by atoms with Gasteiger partial charge in [0.1, 0.15) is 11.5 Å². The Balaban J connectivity index is 1.12. The number of phenols is 1. The molecular weight excluding hydrogens is 832 g/mol. The molecule has 2 aliphatic carbocycles. The number of carbonyl (C=O) groups is 4. The Kier molecular flexibility index (Phi) is 11.1. The van der Waals surface area contributed by atoms with E-state index in [0.29, 0.717) is 39.0 Å². The summed E-state index contributed by atoms with van der Waals surface area (Å²) >= 11 is 6.46. The molecule has 6 atom stereocenters. The molecule has 0 bridgehead atoms. The largest absolute Gasteiger partial charge is 0.502 e. The zero-order valence-electron chi connectivity index (χ0n) is 35.6. The number of halogens is 1. The monoisotopic (exact) mass is 876 g/mol. The van der Waals surface area contributed by atoms with Gasteiger partial charge in [-0.25, -0.2) is 4.90 Å². The lowest BCUT2D eigenvalue weighted by molar-refractivity contribution is -0.128. The Morgan fingerprint density at radius 2 is 1.38 bits per heavy atom. The standard InChI is InChI=1S/C52H45ClN2O9/c1-61-37-20-24-43(62-2)32(27-37)17-13-30-14-18-35(19-15-30)54-48(57)39-22-21-38-40(46(39)50(54)59)29-42-49(58)55(36-12-8-11-34(53)28-36)51(60)52(42,33-9-6-5-7-10-33)41(38)23-16-31-25-44(63-3)47(56)45(26-31)64-4/h5-21,23-28,39-42,46,56H,22,29H2,1-4H3. The number of hydrogen-bond acceptors (Lipinski definition) is 9. The van der Waals surface area contributed by atoms with Crippen molar-refractivity contribution in [3.8, 4) is 28.7 Å². The van der Waals surface area contributed by atoms with Gasteiger partial charge in [-0.05, 0) is 96.1 Å². The van der Waals surface area contributed by atoms with Crippen LogP contribution in [0.3, 0.4) is 0 Å². The summed E-state index contributed by atoms with van der Waals surface area (Å²) in [5.74, 6) is -3.58. The maximum absolute atomic E-state index is 15.5. The van der Waals surface area contributed by atoms with Crippen LogP contribution in [0.4, 0.5) is 11.4 Å². The van der Waals surface area contributed by atoms with E-state index in [1.165, 1.54) is 24.0 Å². The molecule has 2 aliphatic heterocycles. The molecule has 11 nitrogen and oxygen atoms in total. The van der Waals surface area contributed by atoms with Crippen LogP contribution in [-0.4, -0.2) is 57.2 Å². The van der Waals surface area contributed by atoms with Crippen molar-refractivity contribution in [2.24, 2.45) is 29.6 Å². The Morgan fingerprint density at radius 3 is 2.05 bits per heavy atom. The fourth-order valence-electron chi connectivity index (χ4n) is 10.4. The summed E-state index contributed by atoms with van der Waals surface area (Å²) in [4.78, 5) is 62.4. The molecule has 12 heteroatoms. The summed E-state index contributed by atoms with van der Waals surface area (Å²) in [6, 6.07) is 32.0. The second-order valence-electron chi connectivity index (χ2n) is 16.3. The van der Waals surface area contributed by atoms with E-state index in [2.05, 4.69) is 0 Å². The van der Waals surface area contributed by atoms with Crippen molar-refractivity contribution in [1.82, 2.24) is 0 Å². The third-order valence-electron chi connectivity index (χ3n) is 13.3. The molecular formula is C52H45ClN2O9. The molecule has 324 valence electrons. The first-order chi connectivity index (χ1) is 31.0. The van der Waals surface area contributed by atoms with Crippen LogP contribution >= 0.6 is 11.6 Å². The van der Waals surface area contributed by atoms with E-state index in [1.807, 2.05) is 91.0 Å². The molecule has 5 aromatic carbocycles. The Labute approximate surface area is 375 Å². The zero-order valence-corrected chi connectivity index (χ0v) is 36.3. The first kappa shape index (κ1) is 42.2. The third-order valence-corrected chi connectivity index (χ3v) is 13.5. The number of anilines is 2. The summed E-state index contributed by atoms with van der Waals surface area (Å²) in [7, 11) is 6.08. The van der Waals surface area contributed by atoms with Crippen LogP contribution in [0.2, 0.25) is 5.02 Å². The van der Waals surface area contributed by atoms with E-state index in [4.69, 9.17) is 30.5 Å². The number of allylic oxidation sites excluding steroid dienone is 3. The summed E-state index contributed by atoms with van der Waals surface area (Å²) in [6.07, 6.45) is 9.97. The van der Waals surface area contributed by atoms with Crippen molar-refractivity contribution in [1.29, 1.82) is 0 Å². The molecule has 2 heterocycles. The van der Waals surface area contributed by atoms with Crippen molar-refractivity contribution in [2.45, 2.75) is 18.3 Å². The van der Waals surface area contributed by atoms with Crippen molar-refractivity contribution in [3.63, 3.8) is 0 Å². The van der Waals surface area contributed by atoms with Crippen LogP contribution in [0.5, 0.6) is 28.7 Å². The highest BCUT2D eigenvalue weighted by Crippen LogP contribution is 2.62. The fourth-order valence-corrected chi connectivity index (χ4v) is 10.5. The molecule has 9 rings (SSSR count). The number of aromatic hydroxyl groups is 1. The van der Waals surface area contributed by atoms with Gasteiger partial charge in [-0.1, -0.05) is 96.1 Å². The quantitative estimate of drug-likeness (QED) is 0.0784. The summed E-state index contributed by atoms with van der Waals surface area (Å²) < 4.78 is 21.8. The lowest BCUT2D eigenvalue weighted by Gasteiger charge is -2.49. The SMILES string of the molecule is COc1ccc(OC)c(C=Cc2ccc(N3C(=O)C4CC=C5C(CC6C(=O)N(c7cccc(Cl)c7)C(=O)C6(c6ccccc6)C5C=Cc5cc(OC)c(O)c(OC)c5)C4C3=O)cc2)c1. The van der Waals surface area contributed by atoms with Gasteiger partial charge in [0.25, 0.3) is 0 Å². The third kappa shape index (κ3) is 6.82. The summed E-state index contributed by atoms with van der Waals surface area (Å²) in [5.41, 5.74) is 3.06. The van der Waals surface area contributed by atoms with Crippen LogP contribution in [0.25, 0.3) is 18.2 Å². The Bertz CT molecular complexity index is 2760. The zero-order chi connectivity index (χ0) is 44.9. The van der Waals surface area contributed by atoms with Gasteiger partial charge in [0.2, 0.25) is 29.4 Å². The molecule has 3 fully saturated rings. The number of nitrogens with zero attached hydrogens (tertiary/aromatic N) is 2. The molecule has 1 saturated carbocycles. The molecule has 5 aromatic rings. The maximum atomic E-state index is 15.5. The van der Waals surface area contributed by atoms with Crippen molar-refractivity contribution < 1.29 is 43.2 Å². The number of imide groups is 2. The Hall–Kier alpha value is -7.11. The van der Waals surface area contributed by atoms with Crippen molar-refractivity contribution in [3.05, 3.63) is 154 Å². The topological polar surface area (TPSA) is 132 Å². The number of amides is 4. The van der Waals surface area contributed by atoms with Crippen LogP contribution in [0.1, 0.15) is 35.1 Å². The number of hydrogen-bond donors (Lipinski definition) is 1. The number of carbonyl (C=O) groups excluding carboxylic acids is 4. The Morgan fingerprint density at radius 1 is 0.656 bits per heavy atom. The van der Waals surface area contributed by atoms with Gasteiger partial charge in [0, 0.05) is 16.5 Å². The average molecular weight is 877 g/mol. The maximum Gasteiger partial charge on any atom is 0.246 e. The van der Waals surface area contributed by atoms with Gasteiger partial charge < -0.3 is 24.1 Å². The lowest BCUT2D eigenvalue weighted by atomic mass is 9.50. The van der Waals surface area contributed by atoms with Crippen LogP contribution < -0.4 is 28.7 Å². The number of rotatable bonds is 11. The molecule has 4 aliphatic rings. The average Bonchev–Trinajstić information content (AvgIpc) is 3.71. The highest BCUT2D eigenvalue weighted by Gasteiger charge is 2.69.